The van der Waals surface area contributed by atoms with Crippen LogP contribution in [-0.2, 0) is 11.3 Å². The van der Waals surface area contributed by atoms with Gasteiger partial charge < -0.3 is 9.72 Å². The second-order valence-corrected chi connectivity index (χ2v) is 5.20. The molecule has 23 heavy (non-hydrogen) atoms. The van der Waals surface area contributed by atoms with Gasteiger partial charge in [-0.15, -0.1) is 0 Å². The lowest BCUT2D eigenvalue weighted by molar-refractivity contribution is -0.117. The summed E-state index contributed by atoms with van der Waals surface area (Å²) < 4.78 is 15.5. The van der Waals surface area contributed by atoms with Gasteiger partial charge >= 0.3 is 0 Å². The molecule has 0 fully saturated rings. The number of hydrogen-bond acceptors (Lipinski definition) is 2. The van der Waals surface area contributed by atoms with Gasteiger partial charge in [0.25, 0.3) is 0 Å². The number of amides is 1. The second kappa shape index (κ2) is 6.44. The molecule has 0 spiro atoms. The summed E-state index contributed by atoms with van der Waals surface area (Å²) in [5.41, 5.74) is 1.80. The van der Waals surface area contributed by atoms with Crippen molar-refractivity contribution in [3.8, 4) is 0 Å². The van der Waals surface area contributed by atoms with Crippen LogP contribution in [0.1, 0.15) is 18.3 Å². The van der Waals surface area contributed by atoms with Crippen LogP contribution in [0.2, 0.25) is 0 Å². The topological polar surface area (TPSA) is 46.4 Å². The first-order chi connectivity index (χ1) is 11.1. The Kier molecular flexibility index (Phi) is 4.19. The number of carbonyl (C=O) groups excluding carboxylic acids is 1. The standard InChI is InChI=1S/C18H16FN3O/c1-13(10-14-6-2-3-8-16(14)19)18(23)21-12-17-20-11-15-7-4-5-9-22(15)17/h2-11H,12H2,1H3,(H,21,23)/b13-10+. The van der Waals surface area contributed by atoms with Gasteiger partial charge in [-0.2, -0.15) is 0 Å². The molecule has 0 saturated carbocycles. The van der Waals surface area contributed by atoms with E-state index in [1.54, 1.807) is 31.3 Å². The summed E-state index contributed by atoms with van der Waals surface area (Å²) in [6, 6.07) is 12.1. The number of imidazole rings is 1. The van der Waals surface area contributed by atoms with E-state index in [4.69, 9.17) is 0 Å². The third-order valence-electron chi connectivity index (χ3n) is 3.56. The highest BCUT2D eigenvalue weighted by Crippen LogP contribution is 2.11. The molecular weight excluding hydrogens is 293 g/mol. The van der Waals surface area contributed by atoms with Crippen LogP contribution in [-0.4, -0.2) is 15.3 Å². The molecule has 2 heterocycles. The number of pyridine rings is 1. The van der Waals surface area contributed by atoms with Gasteiger partial charge in [0.2, 0.25) is 5.91 Å². The van der Waals surface area contributed by atoms with Crippen LogP contribution in [0.25, 0.3) is 11.6 Å². The largest absolute Gasteiger partial charge is 0.345 e. The Balaban J connectivity index is 1.71. The van der Waals surface area contributed by atoms with Crippen LogP contribution in [0.5, 0.6) is 0 Å². The molecular formula is C18H16FN3O. The van der Waals surface area contributed by atoms with Crippen molar-refractivity contribution in [1.82, 2.24) is 14.7 Å². The van der Waals surface area contributed by atoms with Crippen molar-refractivity contribution in [2.75, 3.05) is 0 Å². The van der Waals surface area contributed by atoms with E-state index < -0.39 is 0 Å². The molecule has 5 heteroatoms. The minimum absolute atomic E-state index is 0.249. The van der Waals surface area contributed by atoms with Crippen molar-refractivity contribution < 1.29 is 9.18 Å². The maximum absolute atomic E-state index is 13.6. The van der Waals surface area contributed by atoms with E-state index in [2.05, 4.69) is 10.3 Å². The Morgan fingerprint density at radius 3 is 2.87 bits per heavy atom. The van der Waals surface area contributed by atoms with Gasteiger partial charge in [-0.1, -0.05) is 24.3 Å². The van der Waals surface area contributed by atoms with Gasteiger partial charge in [0.1, 0.15) is 11.6 Å². The number of nitrogens with zero attached hydrogens (tertiary/aromatic N) is 2. The first kappa shape index (κ1) is 15.0. The minimum atomic E-state index is -0.348. The van der Waals surface area contributed by atoms with Gasteiger partial charge in [0.05, 0.1) is 18.3 Å². The molecule has 1 amide bonds. The summed E-state index contributed by atoms with van der Waals surface area (Å²) >= 11 is 0. The number of aromatic nitrogens is 2. The van der Waals surface area contributed by atoms with Crippen molar-refractivity contribution in [2.24, 2.45) is 0 Å². The van der Waals surface area contributed by atoms with Gasteiger partial charge in [0.15, 0.2) is 0 Å². The lowest BCUT2D eigenvalue weighted by Crippen LogP contribution is -2.24. The van der Waals surface area contributed by atoms with Gasteiger partial charge in [-0.25, -0.2) is 9.37 Å². The predicted octanol–water partition coefficient (Wildman–Crippen LogP) is 3.19. The van der Waals surface area contributed by atoms with Gasteiger partial charge in [0, 0.05) is 17.3 Å². The van der Waals surface area contributed by atoms with E-state index in [0.717, 1.165) is 11.3 Å². The Labute approximate surface area is 133 Å². The van der Waals surface area contributed by atoms with E-state index in [1.807, 2.05) is 28.8 Å². The molecule has 0 aliphatic rings. The molecule has 1 aromatic carbocycles. The van der Waals surface area contributed by atoms with Crippen LogP contribution < -0.4 is 5.32 Å². The molecule has 116 valence electrons. The van der Waals surface area contributed by atoms with E-state index in [1.165, 1.54) is 12.1 Å². The van der Waals surface area contributed by atoms with Gasteiger partial charge in [-0.05, 0) is 31.2 Å². The molecule has 0 saturated heterocycles. The predicted molar refractivity (Wildman–Crippen MR) is 87.1 cm³/mol. The number of halogens is 1. The van der Waals surface area contributed by atoms with Crippen molar-refractivity contribution in [3.05, 3.63) is 77.6 Å². The number of carbonyl (C=O) groups is 1. The fraction of sp³-hybridized carbons (Fsp3) is 0.111. The molecule has 0 aliphatic heterocycles. The van der Waals surface area contributed by atoms with Crippen molar-refractivity contribution in [2.45, 2.75) is 13.5 Å². The quantitative estimate of drug-likeness (QED) is 0.752. The average Bonchev–Trinajstić information content (AvgIpc) is 2.98. The zero-order chi connectivity index (χ0) is 16.2. The van der Waals surface area contributed by atoms with Crippen LogP contribution in [0.3, 0.4) is 0 Å². The number of nitrogens with one attached hydrogen (secondary N) is 1. The molecule has 0 unspecified atom stereocenters. The summed E-state index contributed by atoms with van der Waals surface area (Å²) in [5.74, 6) is 0.146. The number of rotatable bonds is 4. The van der Waals surface area contributed by atoms with E-state index in [-0.39, 0.29) is 11.7 Å². The van der Waals surface area contributed by atoms with Crippen LogP contribution in [0, 0.1) is 5.82 Å². The summed E-state index contributed by atoms with van der Waals surface area (Å²) in [6.07, 6.45) is 5.18. The summed E-state index contributed by atoms with van der Waals surface area (Å²) in [4.78, 5) is 16.4. The highest BCUT2D eigenvalue weighted by Gasteiger charge is 2.08. The Hall–Kier alpha value is -2.95. The number of hydrogen-bond donors (Lipinski definition) is 1. The number of benzene rings is 1. The fourth-order valence-corrected chi connectivity index (χ4v) is 2.32. The molecule has 0 bridgehead atoms. The van der Waals surface area contributed by atoms with E-state index in [9.17, 15) is 9.18 Å². The van der Waals surface area contributed by atoms with Crippen LogP contribution in [0.4, 0.5) is 4.39 Å². The lowest BCUT2D eigenvalue weighted by Gasteiger charge is -2.06. The van der Waals surface area contributed by atoms with Crippen molar-refractivity contribution in [1.29, 1.82) is 0 Å². The molecule has 1 N–H and O–H groups in total. The minimum Gasteiger partial charge on any atom is -0.345 e. The van der Waals surface area contributed by atoms with Crippen molar-refractivity contribution >= 4 is 17.5 Å². The third-order valence-corrected chi connectivity index (χ3v) is 3.56. The highest BCUT2D eigenvalue weighted by atomic mass is 19.1. The molecule has 3 rings (SSSR count). The van der Waals surface area contributed by atoms with E-state index in [0.29, 0.717) is 17.7 Å². The monoisotopic (exact) mass is 309 g/mol. The maximum atomic E-state index is 13.6. The molecule has 0 atom stereocenters. The molecule has 0 aliphatic carbocycles. The Morgan fingerprint density at radius 2 is 2.04 bits per heavy atom. The SMILES string of the molecule is C/C(=C\c1ccccc1F)C(=O)NCc1ncc2ccccn12. The van der Waals surface area contributed by atoms with Gasteiger partial charge in [-0.3, -0.25) is 4.79 Å². The Bertz CT molecular complexity index is 883. The third kappa shape index (κ3) is 3.29. The van der Waals surface area contributed by atoms with Crippen molar-refractivity contribution in [3.63, 3.8) is 0 Å². The fourth-order valence-electron chi connectivity index (χ4n) is 2.32. The molecule has 3 aromatic rings. The smallest absolute Gasteiger partial charge is 0.247 e. The Morgan fingerprint density at radius 1 is 1.26 bits per heavy atom. The first-order valence-electron chi connectivity index (χ1n) is 7.27. The normalized spacial score (nSPS) is 11.7. The van der Waals surface area contributed by atoms with Crippen LogP contribution in [0.15, 0.2) is 60.4 Å². The second-order valence-electron chi connectivity index (χ2n) is 5.20. The lowest BCUT2D eigenvalue weighted by atomic mass is 10.1. The number of fused-ring (bicyclic) bond motifs is 1. The first-order valence-corrected chi connectivity index (χ1v) is 7.27. The molecule has 2 aromatic heterocycles. The summed E-state index contributed by atoms with van der Waals surface area (Å²) in [7, 11) is 0. The average molecular weight is 309 g/mol. The summed E-state index contributed by atoms with van der Waals surface area (Å²) in [5, 5.41) is 2.80. The zero-order valence-corrected chi connectivity index (χ0v) is 12.7. The summed E-state index contributed by atoms with van der Waals surface area (Å²) in [6.45, 7) is 1.96. The maximum Gasteiger partial charge on any atom is 0.247 e. The zero-order valence-electron chi connectivity index (χ0n) is 12.7. The highest BCUT2D eigenvalue weighted by molar-refractivity contribution is 5.97. The molecule has 4 nitrogen and oxygen atoms in total. The van der Waals surface area contributed by atoms with E-state index >= 15 is 0 Å². The van der Waals surface area contributed by atoms with Crippen LogP contribution >= 0.6 is 0 Å². The molecule has 0 radical (unpaired) electrons.